The number of nitro groups is 1. The number of nitrogens with one attached hydrogen (secondary N) is 1. The Labute approximate surface area is 102 Å². The van der Waals surface area contributed by atoms with E-state index in [0.29, 0.717) is 0 Å². The van der Waals surface area contributed by atoms with Crippen LogP contribution in [0, 0.1) is 22.0 Å². The number of non-ortho nitro benzene ring substituents is 1. The average molecular weight is 248 g/mol. The molecule has 1 amide bonds. The van der Waals surface area contributed by atoms with E-state index < -0.39 is 16.8 Å². The Balaban J connectivity index is 3.18. The second-order valence-electron chi connectivity index (χ2n) is 3.12. The van der Waals surface area contributed by atoms with Gasteiger partial charge >= 0.3 is 5.97 Å². The average Bonchev–Trinajstić information content (AvgIpc) is 2.29. The van der Waals surface area contributed by atoms with Gasteiger partial charge in [-0.3, -0.25) is 14.9 Å². The number of aromatic carboxylic acids is 1. The van der Waals surface area contributed by atoms with E-state index in [1.54, 1.807) is 0 Å². The zero-order chi connectivity index (χ0) is 13.7. The van der Waals surface area contributed by atoms with Gasteiger partial charge in [-0.1, -0.05) is 5.92 Å². The number of nitro benzene ring substituents is 1. The molecule has 0 aliphatic rings. The van der Waals surface area contributed by atoms with Crippen molar-refractivity contribution in [3.05, 3.63) is 33.9 Å². The molecule has 18 heavy (non-hydrogen) atoms. The van der Waals surface area contributed by atoms with Crippen molar-refractivity contribution in [2.24, 2.45) is 0 Å². The first-order chi connectivity index (χ1) is 8.45. The Bertz CT molecular complexity index is 583. The molecule has 7 heteroatoms. The molecule has 7 nitrogen and oxygen atoms in total. The van der Waals surface area contributed by atoms with Crippen molar-refractivity contribution in [2.75, 3.05) is 5.32 Å². The van der Waals surface area contributed by atoms with Gasteiger partial charge in [0, 0.05) is 12.1 Å². The lowest BCUT2D eigenvalue weighted by Gasteiger charge is -2.05. The molecule has 0 spiro atoms. The van der Waals surface area contributed by atoms with Crippen molar-refractivity contribution in [1.29, 1.82) is 0 Å². The number of hydrogen-bond acceptors (Lipinski definition) is 4. The molecule has 0 radical (unpaired) electrons. The number of carbonyl (C=O) groups is 2. The van der Waals surface area contributed by atoms with Gasteiger partial charge in [-0.15, -0.1) is 0 Å². The molecule has 0 fully saturated rings. The Hall–Kier alpha value is -2.88. The number of carboxylic acid groups (broad SMARTS) is 1. The van der Waals surface area contributed by atoms with E-state index in [4.69, 9.17) is 5.11 Å². The fourth-order valence-electron chi connectivity index (χ4n) is 1.20. The van der Waals surface area contributed by atoms with Crippen LogP contribution >= 0.6 is 0 Å². The minimum Gasteiger partial charge on any atom is -0.478 e. The number of carboxylic acids is 1. The minimum absolute atomic E-state index is 0.0409. The Kier molecular flexibility index (Phi) is 3.99. The van der Waals surface area contributed by atoms with Crippen LogP contribution in [0.25, 0.3) is 0 Å². The molecule has 0 bridgehead atoms. The molecule has 0 unspecified atom stereocenters. The van der Waals surface area contributed by atoms with Crippen LogP contribution in [-0.4, -0.2) is 21.9 Å². The standard InChI is InChI=1S/C11H8N2O5/c1-2-3-10(14)12-9-5-4-7(13(17)18)6-8(9)11(15)16/h4-6H,1H3,(H,12,14)(H,15,16). The highest BCUT2D eigenvalue weighted by atomic mass is 16.6. The van der Waals surface area contributed by atoms with Gasteiger partial charge in [-0.05, 0) is 18.9 Å². The summed E-state index contributed by atoms with van der Waals surface area (Å²) >= 11 is 0. The van der Waals surface area contributed by atoms with Crippen LogP contribution in [0.15, 0.2) is 18.2 Å². The number of hydrogen-bond donors (Lipinski definition) is 2. The smallest absolute Gasteiger partial charge is 0.338 e. The summed E-state index contributed by atoms with van der Waals surface area (Å²) in [7, 11) is 0. The van der Waals surface area contributed by atoms with E-state index in [1.807, 2.05) is 0 Å². The third-order valence-electron chi connectivity index (χ3n) is 1.93. The van der Waals surface area contributed by atoms with Crippen molar-refractivity contribution in [3.63, 3.8) is 0 Å². The van der Waals surface area contributed by atoms with E-state index in [0.717, 1.165) is 18.2 Å². The first kappa shape index (κ1) is 13.2. The molecule has 0 heterocycles. The maximum Gasteiger partial charge on any atom is 0.338 e. The number of rotatable bonds is 3. The summed E-state index contributed by atoms with van der Waals surface area (Å²) in [6.45, 7) is 1.45. The van der Waals surface area contributed by atoms with Crippen molar-refractivity contribution in [3.8, 4) is 11.8 Å². The molecule has 0 saturated heterocycles. The van der Waals surface area contributed by atoms with Crippen molar-refractivity contribution < 1.29 is 19.6 Å². The number of anilines is 1. The molecule has 0 aliphatic carbocycles. The molecule has 1 aromatic rings. The van der Waals surface area contributed by atoms with E-state index in [9.17, 15) is 19.7 Å². The maximum atomic E-state index is 11.2. The summed E-state index contributed by atoms with van der Waals surface area (Å²) in [5, 5.41) is 21.7. The molecule has 1 rings (SSSR count). The van der Waals surface area contributed by atoms with Crippen LogP contribution in [0.1, 0.15) is 17.3 Å². The lowest BCUT2D eigenvalue weighted by molar-refractivity contribution is -0.384. The topological polar surface area (TPSA) is 110 Å². The Morgan fingerprint density at radius 3 is 2.61 bits per heavy atom. The molecular weight excluding hydrogens is 240 g/mol. The van der Waals surface area contributed by atoms with Gasteiger partial charge in [0.1, 0.15) is 0 Å². The van der Waals surface area contributed by atoms with Crippen molar-refractivity contribution >= 4 is 23.3 Å². The number of nitrogens with zero attached hydrogens (tertiary/aromatic N) is 1. The summed E-state index contributed by atoms with van der Waals surface area (Å²) < 4.78 is 0. The normalized spacial score (nSPS) is 8.94. The molecular formula is C11H8N2O5. The first-order valence-electron chi connectivity index (χ1n) is 4.71. The highest BCUT2D eigenvalue weighted by Crippen LogP contribution is 2.22. The molecule has 0 saturated carbocycles. The molecule has 0 aliphatic heterocycles. The third-order valence-corrected chi connectivity index (χ3v) is 1.93. The van der Waals surface area contributed by atoms with Gasteiger partial charge in [0.2, 0.25) is 0 Å². The SMILES string of the molecule is CC#CC(=O)Nc1ccc([N+](=O)[O-])cc1C(=O)O. The second kappa shape index (κ2) is 5.45. The molecule has 0 atom stereocenters. The largest absolute Gasteiger partial charge is 0.478 e. The summed E-state index contributed by atoms with van der Waals surface area (Å²) in [5.74, 6) is 2.46. The third kappa shape index (κ3) is 3.05. The quantitative estimate of drug-likeness (QED) is 0.475. The number of benzene rings is 1. The first-order valence-corrected chi connectivity index (χ1v) is 4.71. The fourth-order valence-corrected chi connectivity index (χ4v) is 1.20. The van der Waals surface area contributed by atoms with Crippen LogP contribution in [0.2, 0.25) is 0 Å². The van der Waals surface area contributed by atoms with Crippen molar-refractivity contribution in [2.45, 2.75) is 6.92 Å². The van der Waals surface area contributed by atoms with Gasteiger partial charge in [0.15, 0.2) is 0 Å². The zero-order valence-electron chi connectivity index (χ0n) is 9.26. The van der Waals surface area contributed by atoms with Crippen LogP contribution < -0.4 is 5.32 Å². The predicted molar refractivity (Wildman–Crippen MR) is 62.1 cm³/mol. The minimum atomic E-state index is -1.38. The lowest BCUT2D eigenvalue weighted by atomic mass is 10.1. The summed E-state index contributed by atoms with van der Waals surface area (Å²) in [4.78, 5) is 31.9. The van der Waals surface area contributed by atoms with E-state index in [2.05, 4.69) is 17.2 Å². The van der Waals surface area contributed by atoms with Crippen LogP contribution in [-0.2, 0) is 4.79 Å². The van der Waals surface area contributed by atoms with Crippen LogP contribution in [0.4, 0.5) is 11.4 Å². The fraction of sp³-hybridized carbons (Fsp3) is 0.0909. The van der Waals surface area contributed by atoms with E-state index in [-0.39, 0.29) is 16.9 Å². The van der Waals surface area contributed by atoms with Crippen molar-refractivity contribution in [1.82, 2.24) is 0 Å². The highest BCUT2D eigenvalue weighted by molar-refractivity contribution is 6.07. The summed E-state index contributed by atoms with van der Waals surface area (Å²) in [5.41, 5.74) is -0.775. The van der Waals surface area contributed by atoms with E-state index >= 15 is 0 Å². The Morgan fingerprint density at radius 1 is 1.44 bits per heavy atom. The molecule has 0 aromatic heterocycles. The van der Waals surface area contributed by atoms with Crippen LogP contribution in [0.3, 0.4) is 0 Å². The molecule has 1 aromatic carbocycles. The molecule has 92 valence electrons. The second-order valence-corrected chi connectivity index (χ2v) is 3.12. The predicted octanol–water partition coefficient (Wildman–Crippen LogP) is 1.25. The van der Waals surface area contributed by atoms with Gasteiger partial charge in [-0.25, -0.2) is 4.79 Å². The summed E-state index contributed by atoms with van der Waals surface area (Å²) in [6, 6.07) is 3.12. The van der Waals surface area contributed by atoms with Gasteiger partial charge in [0.05, 0.1) is 16.2 Å². The number of carbonyl (C=O) groups excluding carboxylic acids is 1. The van der Waals surface area contributed by atoms with Gasteiger partial charge in [0.25, 0.3) is 11.6 Å². The lowest BCUT2D eigenvalue weighted by Crippen LogP contribution is -2.12. The van der Waals surface area contributed by atoms with Gasteiger partial charge in [-0.2, -0.15) is 0 Å². The highest BCUT2D eigenvalue weighted by Gasteiger charge is 2.16. The summed E-state index contributed by atoms with van der Waals surface area (Å²) in [6.07, 6.45) is 0. The molecule has 2 N–H and O–H groups in total. The monoisotopic (exact) mass is 248 g/mol. The number of amides is 1. The van der Waals surface area contributed by atoms with Crippen LogP contribution in [0.5, 0.6) is 0 Å². The zero-order valence-corrected chi connectivity index (χ0v) is 9.26. The Morgan fingerprint density at radius 2 is 2.11 bits per heavy atom. The van der Waals surface area contributed by atoms with E-state index in [1.165, 1.54) is 6.92 Å². The van der Waals surface area contributed by atoms with Gasteiger partial charge < -0.3 is 10.4 Å². The maximum absolute atomic E-state index is 11.2.